The SMILES string of the molecule is O=S1CCC(Nc2ccc(S(=O)(=O)C(F)(F)F)cc2)CC1. The molecule has 21 heavy (non-hydrogen) atoms. The molecule has 1 heterocycles. The van der Waals surface area contributed by atoms with Crippen molar-refractivity contribution in [3.63, 3.8) is 0 Å². The number of benzene rings is 1. The fourth-order valence-corrected chi connectivity index (χ4v) is 4.10. The van der Waals surface area contributed by atoms with E-state index in [-0.39, 0.29) is 6.04 Å². The van der Waals surface area contributed by atoms with Gasteiger partial charge in [-0.2, -0.15) is 13.2 Å². The molecule has 0 saturated carbocycles. The van der Waals surface area contributed by atoms with Gasteiger partial charge in [0.2, 0.25) is 0 Å². The van der Waals surface area contributed by atoms with Gasteiger partial charge in [-0.15, -0.1) is 0 Å². The average molecular weight is 341 g/mol. The molecule has 118 valence electrons. The van der Waals surface area contributed by atoms with Crippen LogP contribution in [0.3, 0.4) is 0 Å². The van der Waals surface area contributed by atoms with Crippen LogP contribution in [0.1, 0.15) is 12.8 Å². The van der Waals surface area contributed by atoms with Crippen LogP contribution in [0.4, 0.5) is 18.9 Å². The van der Waals surface area contributed by atoms with Crippen molar-refractivity contribution in [1.29, 1.82) is 0 Å². The van der Waals surface area contributed by atoms with E-state index in [1.54, 1.807) is 0 Å². The Hall–Kier alpha value is -1.09. The summed E-state index contributed by atoms with van der Waals surface area (Å²) in [5, 5.41) is 3.11. The van der Waals surface area contributed by atoms with Crippen LogP contribution in [-0.2, 0) is 20.6 Å². The highest BCUT2D eigenvalue weighted by Gasteiger charge is 2.46. The quantitative estimate of drug-likeness (QED) is 0.916. The van der Waals surface area contributed by atoms with Gasteiger partial charge in [-0.25, -0.2) is 8.42 Å². The molecule has 1 aromatic rings. The van der Waals surface area contributed by atoms with E-state index >= 15 is 0 Å². The Labute approximate surface area is 123 Å². The average Bonchev–Trinajstić information content (AvgIpc) is 2.41. The van der Waals surface area contributed by atoms with Crippen molar-refractivity contribution >= 4 is 26.3 Å². The van der Waals surface area contributed by atoms with Gasteiger partial charge < -0.3 is 5.32 Å². The molecular formula is C12H14F3NO3S2. The molecule has 1 N–H and O–H groups in total. The Balaban J connectivity index is 2.08. The van der Waals surface area contributed by atoms with E-state index in [9.17, 15) is 25.8 Å². The highest BCUT2D eigenvalue weighted by molar-refractivity contribution is 7.92. The summed E-state index contributed by atoms with van der Waals surface area (Å²) in [7, 11) is -6.09. The summed E-state index contributed by atoms with van der Waals surface area (Å²) in [4.78, 5) is -0.773. The molecule has 9 heteroatoms. The number of hydrogen-bond donors (Lipinski definition) is 1. The van der Waals surface area contributed by atoms with E-state index in [2.05, 4.69) is 5.32 Å². The second kappa shape index (κ2) is 5.96. The van der Waals surface area contributed by atoms with E-state index in [0.717, 1.165) is 25.0 Å². The monoisotopic (exact) mass is 341 g/mol. The van der Waals surface area contributed by atoms with E-state index in [1.165, 1.54) is 12.1 Å². The standard InChI is InChI=1S/C12H14F3NO3S2/c13-12(14,15)21(18,19)11-3-1-9(2-4-11)16-10-5-7-20(17)8-6-10/h1-4,10,16H,5-8H2. The second-order valence-electron chi connectivity index (χ2n) is 4.74. The first-order valence-electron chi connectivity index (χ1n) is 6.23. The maximum atomic E-state index is 12.4. The van der Waals surface area contributed by atoms with Crippen molar-refractivity contribution in [2.24, 2.45) is 0 Å². The molecular weight excluding hydrogens is 327 g/mol. The first-order chi connectivity index (χ1) is 9.70. The molecule has 0 radical (unpaired) electrons. The first-order valence-corrected chi connectivity index (χ1v) is 9.20. The Morgan fingerprint density at radius 2 is 1.62 bits per heavy atom. The Morgan fingerprint density at radius 1 is 1.10 bits per heavy atom. The highest BCUT2D eigenvalue weighted by Crippen LogP contribution is 2.30. The molecule has 0 unspecified atom stereocenters. The van der Waals surface area contributed by atoms with Crippen molar-refractivity contribution in [3.05, 3.63) is 24.3 Å². The van der Waals surface area contributed by atoms with Gasteiger partial charge >= 0.3 is 5.51 Å². The number of rotatable bonds is 3. The lowest BCUT2D eigenvalue weighted by molar-refractivity contribution is -0.0436. The van der Waals surface area contributed by atoms with Crippen molar-refractivity contribution in [1.82, 2.24) is 0 Å². The van der Waals surface area contributed by atoms with Gasteiger partial charge in [0.1, 0.15) is 0 Å². The normalized spacial score (nSPS) is 23.8. The van der Waals surface area contributed by atoms with Crippen LogP contribution < -0.4 is 5.32 Å². The second-order valence-corrected chi connectivity index (χ2v) is 8.38. The first kappa shape index (κ1) is 16.3. The lowest BCUT2D eigenvalue weighted by atomic mass is 10.1. The molecule has 1 aliphatic rings. The fourth-order valence-electron chi connectivity index (χ4n) is 2.04. The molecule has 1 fully saturated rings. The Kier molecular flexibility index (Phi) is 4.62. The summed E-state index contributed by atoms with van der Waals surface area (Å²) in [6.45, 7) is 0. The maximum absolute atomic E-state index is 12.4. The van der Waals surface area contributed by atoms with Gasteiger partial charge in [-0.3, -0.25) is 4.21 Å². The predicted octanol–water partition coefficient (Wildman–Crippen LogP) is 2.30. The highest BCUT2D eigenvalue weighted by atomic mass is 32.2. The van der Waals surface area contributed by atoms with E-state index in [1.807, 2.05) is 0 Å². The van der Waals surface area contributed by atoms with Crippen molar-refractivity contribution in [3.8, 4) is 0 Å². The van der Waals surface area contributed by atoms with Crippen LogP contribution in [0.2, 0.25) is 0 Å². The molecule has 0 spiro atoms. The minimum atomic E-state index is -5.30. The number of anilines is 1. The molecule has 0 aliphatic carbocycles. The van der Waals surface area contributed by atoms with Gasteiger partial charge in [-0.1, -0.05) is 0 Å². The minimum absolute atomic E-state index is 0.104. The van der Waals surface area contributed by atoms with Crippen molar-refractivity contribution in [2.75, 3.05) is 16.8 Å². The summed E-state index contributed by atoms with van der Waals surface area (Å²) in [5.41, 5.74) is -4.75. The molecule has 0 atom stereocenters. The predicted molar refractivity (Wildman–Crippen MR) is 74.2 cm³/mol. The number of alkyl halides is 3. The molecule has 1 aromatic carbocycles. The summed E-state index contributed by atoms with van der Waals surface area (Å²) in [6, 6.07) is 4.60. The molecule has 0 bridgehead atoms. The smallest absolute Gasteiger partial charge is 0.382 e. The molecule has 2 rings (SSSR count). The maximum Gasteiger partial charge on any atom is 0.501 e. The van der Waals surface area contributed by atoms with Crippen LogP contribution in [0, 0.1) is 0 Å². The summed E-state index contributed by atoms with van der Waals surface area (Å²) < 4.78 is 70.8. The molecule has 0 amide bonds. The van der Waals surface area contributed by atoms with Gasteiger partial charge in [-0.05, 0) is 37.1 Å². The van der Waals surface area contributed by atoms with Crippen molar-refractivity contribution in [2.45, 2.75) is 29.3 Å². The lowest BCUT2D eigenvalue weighted by Gasteiger charge is -2.23. The zero-order valence-electron chi connectivity index (χ0n) is 10.9. The zero-order valence-corrected chi connectivity index (χ0v) is 12.5. The molecule has 0 aromatic heterocycles. The van der Waals surface area contributed by atoms with Crippen LogP contribution >= 0.6 is 0 Å². The number of hydrogen-bond acceptors (Lipinski definition) is 4. The Morgan fingerprint density at radius 3 is 2.10 bits per heavy atom. The number of nitrogens with one attached hydrogen (secondary N) is 1. The fraction of sp³-hybridized carbons (Fsp3) is 0.500. The molecule has 4 nitrogen and oxygen atoms in total. The summed E-state index contributed by atoms with van der Waals surface area (Å²) >= 11 is 0. The summed E-state index contributed by atoms with van der Waals surface area (Å²) in [5.74, 6) is 1.19. The number of halogens is 3. The third-order valence-corrected chi connectivity index (χ3v) is 6.11. The number of sulfone groups is 1. The van der Waals surface area contributed by atoms with E-state index in [4.69, 9.17) is 0 Å². The lowest BCUT2D eigenvalue weighted by Crippen LogP contribution is -2.29. The van der Waals surface area contributed by atoms with Crippen LogP contribution in [0.5, 0.6) is 0 Å². The van der Waals surface area contributed by atoms with Gasteiger partial charge in [0.25, 0.3) is 9.84 Å². The molecule has 1 aliphatic heterocycles. The van der Waals surface area contributed by atoms with E-state index < -0.39 is 31.0 Å². The molecule has 1 saturated heterocycles. The van der Waals surface area contributed by atoms with Crippen LogP contribution in [0.25, 0.3) is 0 Å². The Bertz CT molecular complexity index is 616. The third-order valence-electron chi connectivity index (χ3n) is 3.23. The third kappa shape index (κ3) is 3.76. The van der Waals surface area contributed by atoms with Gasteiger partial charge in [0.05, 0.1) is 4.90 Å². The van der Waals surface area contributed by atoms with Gasteiger partial charge in [0, 0.05) is 34.0 Å². The topological polar surface area (TPSA) is 63.2 Å². The van der Waals surface area contributed by atoms with Gasteiger partial charge in [0.15, 0.2) is 0 Å². The van der Waals surface area contributed by atoms with Crippen LogP contribution in [0.15, 0.2) is 29.2 Å². The minimum Gasteiger partial charge on any atom is -0.382 e. The summed E-state index contributed by atoms with van der Waals surface area (Å²) in [6.07, 6.45) is 1.43. The van der Waals surface area contributed by atoms with Crippen molar-refractivity contribution < 1.29 is 25.8 Å². The van der Waals surface area contributed by atoms with Crippen LogP contribution in [-0.4, -0.2) is 35.7 Å². The van der Waals surface area contributed by atoms with E-state index in [0.29, 0.717) is 17.2 Å². The zero-order chi connectivity index (χ0) is 15.7. The largest absolute Gasteiger partial charge is 0.501 e.